The van der Waals surface area contributed by atoms with Gasteiger partial charge in [0, 0.05) is 31.8 Å². The predicted molar refractivity (Wildman–Crippen MR) is 145 cm³/mol. The van der Waals surface area contributed by atoms with Gasteiger partial charge in [0.25, 0.3) is 15.9 Å². The normalized spacial score (nSPS) is 11.4. The van der Waals surface area contributed by atoms with Crippen LogP contribution in [0.4, 0.5) is 21.7 Å². The molecule has 2 N–H and O–H groups in total. The van der Waals surface area contributed by atoms with Crippen LogP contribution >= 0.6 is 0 Å². The molecule has 0 saturated heterocycles. The highest BCUT2D eigenvalue weighted by molar-refractivity contribution is 7.92. The molecule has 4 rings (SSSR count). The number of aromatic nitrogens is 2. The lowest BCUT2D eigenvalue weighted by Crippen LogP contribution is -2.22. The topological polar surface area (TPSA) is 113 Å². The van der Waals surface area contributed by atoms with Crippen molar-refractivity contribution < 1.29 is 22.4 Å². The van der Waals surface area contributed by atoms with Gasteiger partial charge in [0.1, 0.15) is 5.82 Å². The van der Waals surface area contributed by atoms with Gasteiger partial charge in [0.2, 0.25) is 11.9 Å². The molecule has 11 heteroatoms. The van der Waals surface area contributed by atoms with Crippen molar-refractivity contribution in [2.45, 2.75) is 38.6 Å². The number of hydrogen-bond donors (Lipinski definition) is 2. The third-order valence-electron chi connectivity index (χ3n) is 6.07. The Kier molecular flexibility index (Phi) is 7.49. The Labute approximate surface area is 220 Å². The highest BCUT2D eigenvalue weighted by Gasteiger charge is 2.20. The summed E-state index contributed by atoms with van der Waals surface area (Å²) < 4.78 is 44.1. The second kappa shape index (κ2) is 10.6. The molecule has 198 valence electrons. The summed E-state index contributed by atoms with van der Waals surface area (Å²) in [4.78, 5) is 30.9. The summed E-state index contributed by atoms with van der Waals surface area (Å²) in [5, 5.41) is 2.75. The fraction of sp³-hybridized carbons (Fsp3) is 0.222. The Hall–Kier alpha value is -4.25. The number of carbonyl (C=O) groups is 2. The minimum absolute atomic E-state index is 0.0274. The maximum Gasteiger partial charge on any atom is 0.261 e. The molecule has 0 atom stereocenters. The SMILES string of the molecule is CCCn1c(NC(=O)c2ccc(F)c(NS(=O)(=O)c3ccc(C)cc3)c2)nc2cc(N(C)C(C)=O)ccc21. The highest BCUT2D eigenvalue weighted by Crippen LogP contribution is 2.26. The monoisotopic (exact) mass is 537 g/mol. The van der Waals surface area contributed by atoms with Crippen molar-refractivity contribution in [3.8, 4) is 0 Å². The fourth-order valence-electron chi connectivity index (χ4n) is 3.89. The summed E-state index contributed by atoms with van der Waals surface area (Å²) in [5.74, 6) is -1.26. The second-order valence-corrected chi connectivity index (χ2v) is 10.6. The number of amides is 2. The Bertz CT molecular complexity index is 1630. The molecule has 0 spiro atoms. The fourth-order valence-corrected chi connectivity index (χ4v) is 4.95. The zero-order valence-corrected chi connectivity index (χ0v) is 22.3. The van der Waals surface area contributed by atoms with Gasteiger partial charge in [-0.3, -0.25) is 19.6 Å². The van der Waals surface area contributed by atoms with Gasteiger partial charge < -0.3 is 9.47 Å². The van der Waals surface area contributed by atoms with Gasteiger partial charge in [-0.1, -0.05) is 24.6 Å². The van der Waals surface area contributed by atoms with E-state index in [1.165, 1.54) is 30.0 Å². The number of imidazole rings is 1. The molecule has 9 nitrogen and oxygen atoms in total. The summed E-state index contributed by atoms with van der Waals surface area (Å²) in [6.45, 7) is 5.84. The molecular weight excluding hydrogens is 509 g/mol. The number of nitrogens with one attached hydrogen (secondary N) is 2. The molecular formula is C27H28FN5O4S. The van der Waals surface area contributed by atoms with Gasteiger partial charge in [0.15, 0.2) is 0 Å². The number of fused-ring (bicyclic) bond motifs is 1. The van der Waals surface area contributed by atoms with Crippen LogP contribution in [0, 0.1) is 12.7 Å². The summed E-state index contributed by atoms with van der Waals surface area (Å²) in [6.07, 6.45) is 0.769. The van der Waals surface area contributed by atoms with Crippen LogP contribution in [0.15, 0.2) is 65.6 Å². The van der Waals surface area contributed by atoms with E-state index in [4.69, 9.17) is 0 Å². The van der Waals surface area contributed by atoms with Gasteiger partial charge in [-0.15, -0.1) is 0 Å². The third-order valence-corrected chi connectivity index (χ3v) is 7.45. The third kappa shape index (κ3) is 5.52. The van der Waals surface area contributed by atoms with E-state index >= 15 is 0 Å². The molecule has 3 aromatic carbocycles. The van der Waals surface area contributed by atoms with Crippen LogP contribution < -0.4 is 14.9 Å². The minimum atomic E-state index is -4.07. The van der Waals surface area contributed by atoms with E-state index < -0.39 is 21.7 Å². The quantitative estimate of drug-likeness (QED) is 0.331. The Balaban J connectivity index is 1.63. The molecule has 1 aromatic heterocycles. The first-order valence-corrected chi connectivity index (χ1v) is 13.4. The van der Waals surface area contributed by atoms with Crippen molar-refractivity contribution in [3.05, 3.63) is 77.6 Å². The van der Waals surface area contributed by atoms with Gasteiger partial charge in [-0.25, -0.2) is 17.8 Å². The number of benzene rings is 3. The number of rotatable bonds is 8. The van der Waals surface area contributed by atoms with Crippen LogP contribution in [0.2, 0.25) is 0 Å². The largest absolute Gasteiger partial charge is 0.316 e. The number of sulfonamides is 1. The van der Waals surface area contributed by atoms with Crippen LogP contribution in [0.3, 0.4) is 0 Å². The second-order valence-electron chi connectivity index (χ2n) is 8.91. The maximum absolute atomic E-state index is 14.5. The zero-order chi connectivity index (χ0) is 27.6. The van der Waals surface area contributed by atoms with E-state index in [-0.39, 0.29) is 28.0 Å². The molecule has 0 aliphatic carbocycles. The number of carbonyl (C=O) groups excluding carboxylic acids is 2. The highest BCUT2D eigenvalue weighted by atomic mass is 32.2. The van der Waals surface area contributed by atoms with E-state index in [1.54, 1.807) is 31.3 Å². The van der Waals surface area contributed by atoms with Gasteiger partial charge in [-0.2, -0.15) is 0 Å². The van der Waals surface area contributed by atoms with Crippen molar-refractivity contribution >= 4 is 50.2 Å². The molecule has 0 aliphatic rings. The molecule has 1 heterocycles. The molecule has 0 radical (unpaired) electrons. The Morgan fingerprint density at radius 2 is 1.76 bits per heavy atom. The lowest BCUT2D eigenvalue weighted by molar-refractivity contribution is -0.116. The number of aryl methyl sites for hydroxylation is 2. The van der Waals surface area contributed by atoms with Crippen LogP contribution in [-0.2, 0) is 21.4 Å². The van der Waals surface area contributed by atoms with E-state index in [0.29, 0.717) is 17.7 Å². The van der Waals surface area contributed by atoms with Crippen LogP contribution in [0.1, 0.15) is 36.2 Å². The van der Waals surface area contributed by atoms with E-state index in [0.717, 1.165) is 29.6 Å². The van der Waals surface area contributed by atoms with Crippen molar-refractivity contribution in [2.24, 2.45) is 0 Å². The van der Waals surface area contributed by atoms with E-state index in [9.17, 15) is 22.4 Å². The predicted octanol–water partition coefficient (Wildman–Crippen LogP) is 4.93. The van der Waals surface area contributed by atoms with Crippen molar-refractivity contribution in [3.63, 3.8) is 0 Å². The lowest BCUT2D eigenvalue weighted by atomic mass is 10.2. The molecule has 0 unspecified atom stereocenters. The van der Waals surface area contributed by atoms with E-state index in [1.807, 2.05) is 24.5 Å². The number of hydrogen-bond acceptors (Lipinski definition) is 5. The number of anilines is 3. The molecule has 0 aliphatic heterocycles. The standard InChI is InChI=1S/C27H28FN5O4S/c1-5-14-33-25-13-9-20(32(4)18(3)34)16-24(25)29-27(33)30-26(35)19-8-12-22(28)23(15-19)31-38(36,37)21-10-6-17(2)7-11-21/h6-13,15-16,31H,5,14H2,1-4H3,(H,29,30,35). The first-order valence-electron chi connectivity index (χ1n) is 11.9. The zero-order valence-electron chi connectivity index (χ0n) is 21.4. The number of halogens is 1. The first-order chi connectivity index (χ1) is 18.0. The summed E-state index contributed by atoms with van der Waals surface area (Å²) >= 11 is 0. The van der Waals surface area contributed by atoms with Gasteiger partial charge in [0.05, 0.1) is 21.6 Å². The Morgan fingerprint density at radius 1 is 1.05 bits per heavy atom. The average molecular weight is 538 g/mol. The smallest absolute Gasteiger partial charge is 0.261 e. The van der Waals surface area contributed by atoms with Crippen molar-refractivity contribution in [2.75, 3.05) is 22.0 Å². The van der Waals surface area contributed by atoms with Gasteiger partial charge >= 0.3 is 0 Å². The van der Waals surface area contributed by atoms with Crippen LogP contribution in [-0.4, -0.2) is 36.8 Å². The van der Waals surface area contributed by atoms with Crippen LogP contribution in [0.5, 0.6) is 0 Å². The molecule has 0 bridgehead atoms. The average Bonchev–Trinajstić information content (AvgIpc) is 3.21. The van der Waals surface area contributed by atoms with Crippen molar-refractivity contribution in [1.29, 1.82) is 0 Å². The molecule has 0 saturated carbocycles. The van der Waals surface area contributed by atoms with Gasteiger partial charge in [-0.05, 0) is 61.9 Å². The maximum atomic E-state index is 14.5. The summed E-state index contributed by atoms with van der Waals surface area (Å²) in [6, 6.07) is 14.9. The summed E-state index contributed by atoms with van der Waals surface area (Å²) in [5.41, 5.74) is 2.59. The molecule has 0 fully saturated rings. The van der Waals surface area contributed by atoms with Crippen molar-refractivity contribution in [1.82, 2.24) is 9.55 Å². The number of nitrogens with zero attached hydrogens (tertiary/aromatic N) is 3. The molecule has 4 aromatic rings. The first kappa shape index (κ1) is 26.8. The minimum Gasteiger partial charge on any atom is -0.316 e. The molecule has 38 heavy (non-hydrogen) atoms. The Morgan fingerprint density at radius 3 is 2.42 bits per heavy atom. The summed E-state index contributed by atoms with van der Waals surface area (Å²) in [7, 11) is -2.41. The lowest BCUT2D eigenvalue weighted by Gasteiger charge is -2.14. The van der Waals surface area contributed by atoms with E-state index in [2.05, 4.69) is 15.0 Å². The van der Waals surface area contributed by atoms with Crippen LogP contribution in [0.25, 0.3) is 11.0 Å². The molecule has 2 amide bonds.